The lowest BCUT2D eigenvalue weighted by molar-refractivity contribution is 0.280. The normalized spacial score (nSPS) is 15.0. The first-order valence-electron chi connectivity index (χ1n) is 9.20. The first-order valence-corrected chi connectivity index (χ1v) is 10.1. The van der Waals surface area contributed by atoms with Gasteiger partial charge in [-0.05, 0) is 55.8 Å². The molecule has 0 spiro atoms. The highest BCUT2D eigenvalue weighted by molar-refractivity contribution is 7.09. The van der Waals surface area contributed by atoms with Crippen molar-refractivity contribution in [1.29, 1.82) is 0 Å². The van der Waals surface area contributed by atoms with E-state index in [-0.39, 0.29) is 0 Å². The Balaban J connectivity index is 1.54. The molecule has 0 unspecified atom stereocenters. The SMILES string of the molecule is CCCCN1CCc2cccc(OCCCc3cncs3)c2CC1. The highest BCUT2D eigenvalue weighted by Gasteiger charge is 2.16. The Morgan fingerprint density at radius 2 is 2.12 bits per heavy atom. The molecule has 3 nitrogen and oxygen atoms in total. The molecule has 130 valence electrons. The fourth-order valence-corrected chi connectivity index (χ4v) is 3.97. The molecule has 0 saturated heterocycles. The van der Waals surface area contributed by atoms with Gasteiger partial charge in [0.05, 0.1) is 12.1 Å². The fraction of sp³-hybridized carbons (Fsp3) is 0.550. The summed E-state index contributed by atoms with van der Waals surface area (Å²) in [5.74, 6) is 1.11. The average molecular weight is 345 g/mol. The van der Waals surface area contributed by atoms with Gasteiger partial charge in [0.1, 0.15) is 5.75 Å². The second kappa shape index (κ2) is 9.19. The van der Waals surface area contributed by atoms with Gasteiger partial charge in [0.15, 0.2) is 0 Å². The lowest BCUT2D eigenvalue weighted by Gasteiger charge is -2.19. The topological polar surface area (TPSA) is 25.4 Å². The minimum atomic E-state index is 0.786. The number of hydrogen-bond donors (Lipinski definition) is 0. The maximum Gasteiger partial charge on any atom is 0.122 e. The van der Waals surface area contributed by atoms with Crippen molar-refractivity contribution in [3.63, 3.8) is 0 Å². The number of thiazole rings is 1. The molecule has 1 aliphatic rings. The van der Waals surface area contributed by atoms with Gasteiger partial charge in [0.25, 0.3) is 0 Å². The largest absolute Gasteiger partial charge is 0.493 e. The fourth-order valence-electron chi connectivity index (χ4n) is 3.32. The average Bonchev–Trinajstić information content (AvgIpc) is 3.03. The Morgan fingerprint density at radius 1 is 1.21 bits per heavy atom. The van der Waals surface area contributed by atoms with E-state index in [0.717, 1.165) is 44.6 Å². The summed E-state index contributed by atoms with van der Waals surface area (Å²) >= 11 is 1.73. The van der Waals surface area contributed by atoms with Gasteiger partial charge in [0.2, 0.25) is 0 Å². The van der Waals surface area contributed by atoms with E-state index in [1.54, 1.807) is 11.3 Å². The summed E-state index contributed by atoms with van der Waals surface area (Å²) in [6, 6.07) is 6.58. The van der Waals surface area contributed by atoms with Crippen LogP contribution in [0.3, 0.4) is 0 Å². The van der Waals surface area contributed by atoms with Crippen LogP contribution in [-0.2, 0) is 19.3 Å². The predicted molar refractivity (Wildman–Crippen MR) is 101 cm³/mol. The summed E-state index contributed by atoms with van der Waals surface area (Å²) in [6.07, 6.45) is 8.92. The van der Waals surface area contributed by atoms with Crippen molar-refractivity contribution in [2.45, 2.75) is 45.4 Å². The molecule has 1 aromatic carbocycles. The summed E-state index contributed by atoms with van der Waals surface area (Å²) in [4.78, 5) is 8.08. The Labute approximate surface area is 149 Å². The number of rotatable bonds is 8. The number of nitrogens with zero attached hydrogens (tertiary/aromatic N) is 2. The molecule has 2 aromatic rings. The number of aromatic nitrogens is 1. The number of ether oxygens (including phenoxy) is 1. The summed E-state index contributed by atoms with van der Waals surface area (Å²) in [5.41, 5.74) is 4.82. The minimum Gasteiger partial charge on any atom is -0.493 e. The van der Waals surface area contributed by atoms with Gasteiger partial charge in [-0.3, -0.25) is 4.98 Å². The van der Waals surface area contributed by atoms with Crippen molar-refractivity contribution in [2.75, 3.05) is 26.2 Å². The van der Waals surface area contributed by atoms with Crippen molar-refractivity contribution in [2.24, 2.45) is 0 Å². The first-order chi connectivity index (χ1) is 11.9. The smallest absolute Gasteiger partial charge is 0.122 e. The lowest BCUT2D eigenvalue weighted by Crippen LogP contribution is -2.27. The molecule has 0 atom stereocenters. The minimum absolute atomic E-state index is 0.786. The molecule has 0 N–H and O–H groups in total. The van der Waals surface area contributed by atoms with Crippen LogP contribution in [0, 0.1) is 0 Å². The molecule has 0 saturated carbocycles. The summed E-state index contributed by atoms with van der Waals surface area (Å²) in [5, 5.41) is 0. The second-order valence-corrected chi connectivity index (χ2v) is 7.48. The van der Waals surface area contributed by atoms with E-state index in [9.17, 15) is 0 Å². The molecule has 1 aliphatic heterocycles. The third-order valence-electron chi connectivity index (χ3n) is 4.74. The van der Waals surface area contributed by atoms with E-state index in [4.69, 9.17) is 4.74 Å². The molecule has 0 bridgehead atoms. The molecule has 4 heteroatoms. The molecular formula is C20H28N2OS. The zero-order valence-electron chi connectivity index (χ0n) is 14.7. The van der Waals surface area contributed by atoms with E-state index in [1.807, 2.05) is 11.7 Å². The van der Waals surface area contributed by atoms with E-state index < -0.39 is 0 Å². The van der Waals surface area contributed by atoms with Gasteiger partial charge >= 0.3 is 0 Å². The van der Waals surface area contributed by atoms with Gasteiger partial charge in [0, 0.05) is 24.2 Å². The standard InChI is InChI=1S/C20H28N2OS/c1-2-3-11-22-12-9-17-6-4-8-20(19(17)10-13-22)23-14-5-7-18-15-21-16-24-18/h4,6,8,15-16H,2-3,5,7,9-14H2,1H3. The van der Waals surface area contributed by atoms with E-state index in [0.29, 0.717) is 0 Å². The highest BCUT2D eigenvalue weighted by atomic mass is 32.1. The number of fused-ring (bicyclic) bond motifs is 1. The van der Waals surface area contributed by atoms with Crippen molar-refractivity contribution in [1.82, 2.24) is 9.88 Å². The lowest BCUT2D eigenvalue weighted by atomic mass is 10.0. The van der Waals surface area contributed by atoms with Crippen LogP contribution < -0.4 is 4.74 Å². The Kier molecular flexibility index (Phi) is 6.67. The monoisotopic (exact) mass is 344 g/mol. The molecule has 0 amide bonds. The van der Waals surface area contributed by atoms with Gasteiger partial charge in [-0.25, -0.2) is 0 Å². The zero-order chi connectivity index (χ0) is 16.6. The zero-order valence-corrected chi connectivity index (χ0v) is 15.5. The molecule has 0 radical (unpaired) electrons. The third-order valence-corrected chi connectivity index (χ3v) is 5.58. The van der Waals surface area contributed by atoms with Crippen LogP contribution in [0.4, 0.5) is 0 Å². The molecule has 2 heterocycles. The summed E-state index contributed by atoms with van der Waals surface area (Å²) in [7, 11) is 0. The van der Waals surface area contributed by atoms with Crippen LogP contribution in [0.15, 0.2) is 29.9 Å². The maximum absolute atomic E-state index is 6.14. The second-order valence-electron chi connectivity index (χ2n) is 6.51. The maximum atomic E-state index is 6.14. The van der Waals surface area contributed by atoms with E-state index in [2.05, 4.69) is 35.0 Å². The molecule has 0 fully saturated rings. The summed E-state index contributed by atoms with van der Waals surface area (Å²) < 4.78 is 6.14. The number of benzene rings is 1. The van der Waals surface area contributed by atoms with Crippen molar-refractivity contribution in [3.05, 3.63) is 45.9 Å². The molecule has 0 aliphatic carbocycles. The van der Waals surface area contributed by atoms with Gasteiger partial charge in [-0.2, -0.15) is 0 Å². The van der Waals surface area contributed by atoms with Gasteiger partial charge < -0.3 is 9.64 Å². The Hall–Kier alpha value is -1.39. The molecular weight excluding hydrogens is 316 g/mol. The third kappa shape index (κ3) is 4.81. The first kappa shape index (κ1) is 17.4. The van der Waals surface area contributed by atoms with Crippen LogP contribution >= 0.6 is 11.3 Å². The van der Waals surface area contributed by atoms with Gasteiger partial charge in [-0.1, -0.05) is 25.5 Å². The van der Waals surface area contributed by atoms with Crippen LogP contribution in [0.2, 0.25) is 0 Å². The number of aryl methyl sites for hydroxylation is 1. The van der Waals surface area contributed by atoms with Crippen molar-refractivity contribution >= 4 is 11.3 Å². The van der Waals surface area contributed by atoms with Crippen LogP contribution in [0.5, 0.6) is 5.75 Å². The Morgan fingerprint density at radius 3 is 2.96 bits per heavy atom. The van der Waals surface area contributed by atoms with Crippen molar-refractivity contribution in [3.8, 4) is 5.75 Å². The molecule has 24 heavy (non-hydrogen) atoms. The number of unbranched alkanes of at least 4 members (excludes halogenated alkanes) is 1. The summed E-state index contributed by atoms with van der Waals surface area (Å²) in [6.45, 7) is 6.63. The number of hydrogen-bond acceptors (Lipinski definition) is 4. The molecule has 1 aromatic heterocycles. The highest BCUT2D eigenvalue weighted by Crippen LogP contribution is 2.26. The predicted octanol–water partition coefficient (Wildman–Crippen LogP) is 4.36. The van der Waals surface area contributed by atoms with Crippen LogP contribution in [0.1, 0.15) is 42.2 Å². The van der Waals surface area contributed by atoms with E-state index >= 15 is 0 Å². The van der Waals surface area contributed by atoms with Crippen LogP contribution in [-0.4, -0.2) is 36.1 Å². The van der Waals surface area contributed by atoms with Gasteiger partial charge in [-0.15, -0.1) is 11.3 Å². The molecule has 3 rings (SSSR count). The Bertz CT molecular complexity index is 612. The van der Waals surface area contributed by atoms with E-state index in [1.165, 1.54) is 41.9 Å². The van der Waals surface area contributed by atoms with Crippen LogP contribution in [0.25, 0.3) is 0 Å². The van der Waals surface area contributed by atoms with Crippen molar-refractivity contribution < 1.29 is 4.74 Å². The quantitative estimate of drug-likeness (QED) is 0.666.